The normalized spacial score (nSPS) is 17.1. The minimum atomic E-state index is -0.771. The molecule has 1 aliphatic carbocycles. The van der Waals surface area contributed by atoms with Gasteiger partial charge in [0.2, 0.25) is 11.8 Å². The molecule has 0 radical (unpaired) electrons. The Morgan fingerprint density at radius 2 is 1.79 bits per heavy atom. The smallest absolute Gasteiger partial charge is 0.258 e. The molecule has 256 valence electrons. The van der Waals surface area contributed by atoms with Crippen LogP contribution in [0, 0.1) is 12.3 Å². The summed E-state index contributed by atoms with van der Waals surface area (Å²) in [7, 11) is 0. The van der Waals surface area contributed by atoms with Crippen molar-refractivity contribution in [1.82, 2.24) is 25.8 Å². The molecule has 0 saturated carbocycles. The number of carbonyl (C=O) groups excluding carboxylic acids is 4. The zero-order valence-electron chi connectivity index (χ0n) is 28.1. The van der Waals surface area contributed by atoms with Crippen molar-refractivity contribution in [3.8, 4) is 16.2 Å². The predicted octanol–water partition coefficient (Wildman–Crippen LogP) is 3.55. The van der Waals surface area contributed by atoms with Gasteiger partial charge < -0.3 is 30.7 Å². The van der Waals surface area contributed by atoms with Gasteiger partial charge in [0.25, 0.3) is 11.8 Å². The Kier molecular flexibility index (Phi) is 11.2. The molecule has 1 saturated heterocycles. The van der Waals surface area contributed by atoms with Crippen molar-refractivity contribution < 1.29 is 29.0 Å². The van der Waals surface area contributed by atoms with Gasteiger partial charge in [-0.05, 0) is 66.5 Å². The monoisotopic (exact) mass is 675 g/mol. The van der Waals surface area contributed by atoms with Crippen molar-refractivity contribution in [2.45, 2.75) is 78.5 Å². The molecule has 11 nitrogen and oxygen atoms in total. The summed E-state index contributed by atoms with van der Waals surface area (Å²) in [6.07, 6.45) is 2.84. The second-order valence-corrected chi connectivity index (χ2v) is 14.6. The molecule has 1 aliphatic heterocycles. The van der Waals surface area contributed by atoms with Crippen LogP contribution in [0.2, 0.25) is 0 Å². The van der Waals surface area contributed by atoms with Crippen molar-refractivity contribution in [3.05, 3.63) is 69.9 Å². The molecule has 48 heavy (non-hydrogen) atoms. The van der Waals surface area contributed by atoms with Crippen LogP contribution in [0.5, 0.6) is 5.75 Å². The SMILES string of the molecule is Cc1ncsc1-c1ccc(CNC(=O)[C@@H]2CC(O)CN2C(=O)CC(C)(C)C)c(OCC(=O)NCCNC(=O)c2ccc3c(c2)CCC3)c1. The van der Waals surface area contributed by atoms with Crippen molar-refractivity contribution in [2.75, 3.05) is 26.2 Å². The first-order valence-electron chi connectivity index (χ1n) is 16.5. The summed E-state index contributed by atoms with van der Waals surface area (Å²) in [5.74, 6) is -0.633. The first-order valence-corrected chi connectivity index (χ1v) is 17.3. The third kappa shape index (κ3) is 8.99. The molecule has 1 aromatic heterocycles. The Hall–Kier alpha value is -4.29. The van der Waals surface area contributed by atoms with E-state index < -0.39 is 12.1 Å². The average molecular weight is 676 g/mol. The first kappa shape index (κ1) is 35.0. The van der Waals surface area contributed by atoms with Crippen LogP contribution in [-0.2, 0) is 33.8 Å². The number of likely N-dealkylation sites (tertiary alicyclic amines) is 1. The zero-order valence-corrected chi connectivity index (χ0v) is 28.9. The topological polar surface area (TPSA) is 150 Å². The van der Waals surface area contributed by atoms with E-state index in [4.69, 9.17) is 4.74 Å². The average Bonchev–Trinajstić information content (AvgIpc) is 3.79. The highest BCUT2D eigenvalue weighted by molar-refractivity contribution is 7.13. The van der Waals surface area contributed by atoms with E-state index in [9.17, 15) is 24.3 Å². The second-order valence-electron chi connectivity index (χ2n) is 13.7. The molecule has 2 aliphatic rings. The maximum Gasteiger partial charge on any atom is 0.258 e. The van der Waals surface area contributed by atoms with Crippen molar-refractivity contribution >= 4 is 35.0 Å². The van der Waals surface area contributed by atoms with E-state index in [-0.39, 0.29) is 74.7 Å². The fraction of sp³-hybridized carbons (Fsp3) is 0.472. The van der Waals surface area contributed by atoms with Crippen LogP contribution in [0.15, 0.2) is 41.9 Å². The maximum atomic E-state index is 13.3. The van der Waals surface area contributed by atoms with Crippen LogP contribution in [0.4, 0.5) is 0 Å². The fourth-order valence-electron chi connectivity index (χ4n) is 6.14. The lowest BCUT2D eigenvalue weighted by atomic mass is 9.91. The third-order valence-electron chi connectivity index (χ3n) is 8.56. The van der Waals surface area contributed by atoms with E-state index in [1.807, 2.05) is 64.1 Å². The van der Waals surface area contributed by atoms with Gasteiger partial charge in [-0.3, -0.25) is 19.2 Å². The number of β-amino-alcohol motifs (C(OH)–C–C–N with tert-alkyl or cyclic N) is 1. The van der Waals surface area contributed by atoms with E-state index >= 15 is 0 Å². The minimum Gasteiger partial charge on any atom is -0.483 e. The number of hydrogen-bond donors (Lipinski definition) is 4. The van der Waals surface area contributed by atoms with Crippen LogP contribution in [0.3, 0.4) is 0 Å². The maximum absolute atomic E-state index is 13.3. The van der Waals surface area contributed by atoms with E-state index in [0.717, 1.165) is 35.4 Å². The van der Waals surface area contributed by atoms with Gasteiger partial charge >= 0.3 is 0 Å². The lowest BCUT2D eigenvalue weighted by Crippen LogP contribution is -2.46. The number of aliphatic hydroxyl groups is 1. The number of nitrogens with one attached hydrogen (secondary N) is 3. The molecule has 0 bridgehead atoms. The fourth-order valence-corrected chi connectivity index (χ4v) is 6.94. The number of rotatable bonds is 12. The van der Waals surface area contributed by atoms with E-state index in [0.29, 0.717) is 16.9 Å². The van der Waals surface area contributed by atoms with E-state index in [1.165, 1.54) is 27.4 Å². The van der Waals surface area contributed by atoms with Crippen molar-refractivity contribution in [2.24, 2.45) is 5.41 Å². The summed E-state index contributed by atoms with van der Waals surface area (Å²) in [6.45, 7) is 8.24. The Morgan fingerprint density at radius 1 is 1.02 bits per heavy atom. The number of fused-ring (bicyclic) bond motifs is 1. The number of aliphatic hydroxyl groups excluding tert-OH is 1. The van der Waals surface area contributed by atoms with Crippen LogP contribution in [0.25, 0.3) is 10.4 Å². The van der Waals surface area contributed by atoms with Gasteiger partial charge in [0, 0.05) is 50.1 Å². The number of hydrogen-bond acceptors (Lipinski definition) is 8. The molecule has 1 fully saturated rings. The number of amides is 4. The Labute approximate surface area is 285 Å². The quantitative estimate of drug-likeness (QED) is 0.215. The molecule has 2 heterocycles. The highest BCUT2D eigenvalue weighted by Gasteiger charge is 2.39. The Bertz CT molecular complexity index is 1660. The lowest BCUT2D eigenvalue weighted by molar-refractivity contribution is -0.140. The predicted molar refractivity (Wildman–Crippen MR) is 184 cm³/mol. The Balaban J connectivity index is 1.17. The molecule has 4 amide bonds. The Morgan fingerprint density at radius 3 is 2.54 bits per heavy atom. The van der Waals surface area contributed by atoms with Crippen molar-refractivity contribution in [1.29, 1.82) is 0 Å². The highest BCUT2D eigenvalue weighted by atomic mass is 32.1. The van der Waals surface area contributed by atoms with Crippen LogP contribution in [-0.4, -0.2) is 77.0 Å². The minimum absolute atomic E-state index is 0.0976. The summed E-state index contributed by atoms with van der Waals surface area (Å²) < 4.78 is 5.99. The summed E-state index contributed by atoms with van der Waals surface area (Å²) >= 11 is 1.49. The molecule has 2 aromatic carbocycles. The molecular weight excluding hydrogens is 630 g/mol. The van der Waals surface area contributed by atoms with Gasteiger partial charge in [0.1, 0.15) is 11.8 Å². The van der Waals surface area contributed by atoms with Crippen molar-refractivity contribution in [3.63, 3.8) is 0 Å². The van der Waals surface area contributed by atoms with Gasteiger partial charge in [-0.1, -0.05) is 39.0 Å². The standard InChI is InChI=1S/C36H45N5O6S/c1-22-33(48-21-40-22)25-9-11-27(18-39-35(46)29-16-28(42)19-41(29)32(44)17-36(2,3)4)30(15-25)47-20-31(43)37-12-13-38-34(45)26-10-8-23-6-5-7-24(23)14-26/h8-11,14-15,21,28-29,42H,5-7,12-13,16-20H2,1-4H3,(H,37,43)(H,38,45)(H,39,46)/t28?,29-/m0/s1. The molecule has 1 unspecified atom stereocenters. The largest absolute Gasteiger partial charge is 0.483 e. The van der Waals surface area contributed by atoms with Gasteiger partial charge in [0.15, 0.2) is 6.61 Å². The molecule has 3 aromatic rings. The molecule has 5 rings (SSSR count). The van der Waals surface area contributed by atoms with Gasteiger partial charge in [-0.25, -0.2) is 4.98 Å². The van der Waals surface area contributed by atoms with Gasteiger partial charge in [-0.2, -0.15) is 0 Å². The summed E-state index contributed by atoms with van der Waals surface area (Å²) in [5, 5.41) is 18.8. The summed E-state index contributed by atoms with van der Waals surface area (Å²) in [5.41, 5.74) is 7.05. The second kappa shape index (κ2) is 15.3. The summed E-state index contributed by atoms with van der Waals surface area (Å²) in [4.78, 5) is 58.3. The van der Waals surface area contributed by atoms with Crippen LogP contribution in [0.1, 0.15) is 72.8 Å². The molecule has 12 heteroatoms. The molecule has 2 atom stereocenters. The molecule has 0 spiro atoms. The highest BCUT2D eigenvalue weighted by Crippen LogP contribution is 2.32. The van der Waals surface area contributed by atoms with Crippen LogP contribution >= 0.6 is 11.3 Å². The number of aromatic nitrogens is 1. The summed E-state index contributed by atoms with van der Waals surface area (Å²) in [6, 6.07) is 10.6. The third-order valence-corrected chi connectivity index (χ3v) is 9.54. The van der Waals surface area contributed by atoms with Crippen LogP contribution < -0.4 is 20.7 Å². The number of benzene rings is 2. The van der Waals surface area contributed by atoms with E-state index in [2.05, 4.69) is 20.9 Å². The number of nitrogens with zero attached hydrogens (tertiary/aromatic N) is 2. The molecular formula is C36H45N5O6S. The zero-order chi connectivity index (χ0) is 34.4. The van der Waals surface area contributed by atoms with E-state index in [1.54, 1.807) is 5.51 Å². The number of ether oxygens (including phenoxy) is 1. The lowest BCUT2D eigenvalue weighted by Gasteiger charge is -2.27. The number of carbonyl (C=O) groups is 4. The van der Waals surface area contributed by atoms with Gasteiger partial charge in [0.05, 0.1) is 22.2 Å². The number of thiazole rings is 1. The number of aryl methyl sites for hydroxylation is 3. The molecule has 4 N–H and O–H groups in total. The van der Waals surface area contributed by atoms with Gasteiger partial charge in [-0.15, -0.1) is 11.3 Å². The first-order chi connectivity index (χ1) is 22.9.